The van der Waals surface area contributed by atoms with Crippen LogP contribution in [0.2, 0.25) is 0 Å². The first-order valence-corrected chi connectivity index (χ1v) is 8.72. The summed E-state index contributed by atoms with van der Waals surface area (Å²) in [7, 11) is 0. The number of rotatable bonds is 1. The molecule has 0 saturated heterocycles. The summed E-state index contributed by atoms with van der Waals surface area (Å²) in [6.45, 7) is 2.35. The fourth-order valence-electron chi connectivity index (χ4n) is 6.37. The molecule has 0 heteroatoms. The largest absolute Gasteiger partial charge is 0.0616 e. The van der Waals surface area contributed by atoms with Gasteiger partial charge in [0.15, 0.2) is 0 Å². The van der Waals surface area contributed by atoms with Gasteiger partial charge in [0, 0.05) is 0 Å². The quantitative estimate of drug-likeness (QED) is 0.634. The Balaban J connectivity index is 1.68. The predicted molar refractivity (Wildman–Crippen MR) is 88.5 cm³/mol. The van der Waals surface area contributed by atoms with Gasteiger partial charge in [0.2, 0.25) is 0 Å². The summed E-state index contributed by atoms with van der Waals surface area (Å²) in [5.41, 5.74) is 3.76. The number of fused-ring (bicyclic) bond motifs is 1. The van der Waals surface area contributed by atoms with E-state index in [9.17, 15) is 0 Å². The first kappa shape index (κ1) is 12.3. The summed E-state index contributed by atoms with van der Waals surface area (Å²) in [5, 5.41) is 2.84. The lowest BCUT2D eigenvalue weighted by Crippen LogP contribution is -2.48. The van der Waals surface area contributed by atoms with Crippen LogP contribution >= 0.6 is 0 Å². The number of hydrogen-bond acceptors (Lipinski definition) is 0. The molecule has 4 aliphatic carbocycles. The predicted octanol–water partition coefficient (Wildman–Crippen LogP) is 5.62. The summed E-state index contributed by atoms with van der Waals surface area (Å²) in [6, 6.07) is 13.9. The maximum atomic E-state index is 2.54. The lowest BCUT2D eigenvalue weighted by Gasteiger charge is -2.57. The molecule has 0 radical (unpaired) electrons. The van der Waals surface area contributed by atoms with Crippen LogP contribution in [0.25, 0.3) is 10.8 Å². The lowest BCUT2D eigenvalue weighted by molar-refractivity contribution is -0.00540. The van der Waals surface area contributed by atoms with Crippen molar-refractivity contribution in [1.82, 2.24) is 0 Å². The Hall–Kier alpha value is -1.30. The van der Waals surface area contributed by atoms with Crippen molar-refractivity contribution < 1.29 is 0 Å². The second-order valence-corrected chi connectivity index (χ2v) is 8.21. The van der Waals surface area contributed by atoms with Gasteiger partial charge in [-0.05, 0) is 90.5 Å². The van der Waals surface area contributed by atoms with Crippen LogP contribution in [0.5, 0.6) is 0 Å². The molecule has 0 amide bonds. The first-order valence-electron chi connectivity index (χ1n) is 8.72. The molecular weight excluding hydrogens is 252 g/mol. The van der Waals surface area contributed by atoms with E-state index < -0.39 is 0 Å². The van der Waals surface area contributed by atoms with Gasteiger partial charge in [0.1, 0.15) is 0 Å². The van der Waals surface area contributed by atoms with E-state index in [0.717, 1.165) is 17.8 Å². The summed E-state index contributed by atoms with van der Waals surface area (Å²) in [5.74, 6) is 3.09. The maximum absolute atomic E-state index is 2.54. The van der Waals surface area contributed by atoms with Gasteiger partial charge in [-0.1, -0.05) is 36.4 Å². The van der Waals surface area contributed by atoms with Crippen molar-refractivity contribution in [2.45, 2.75) is 50.9 Å². The molecule has 0 unspecified atom stereocenters. The van der Waals surface area contributed by atoms with Gasteiger partial charge in [-0.3, -0.25) is 0 Å². The van der Waals surface area contributed by atoms with Crippen LogP contribution in [0.15, 0.2) is 36.4 Å². The van der Waals surface area contributed by atoms with Crippen LogP contribution in [0.4, 0.5) is 0 Å². The fraction of sp³-hybridized carbons (Fsp3) is 0.524. The van der Waals surface area contributed by atoms with Crippen molar-refractivity contribution in [2.75, 3.05) is 0 Å². The van der Waals surface area contributed by atoms with Crippen molar-refractivity contribution in [1.29, 1.82) is 0 Å². The molecular formula is C21H24. The van der Waals surface area contributed by atoms with Crippen LogP contribution in [-0.4, -0.2) is 0 Å². The van der Waals surface area contributed by atoms with Crippen LogP contribution in [0.3, 0.4) is 0 Å². The van der Waals surface area contributed by atoms with Gasteiger partial charge < -0.3 is 0 Å². The Labute approximate surface area is 127 Å². The van der Waals surface area contributed by atoms with E-state index in [1.165, 1.54) is 54.9 Å². The third-order valence-corrected chi connectivity index (χ3v) is 6.70. The summed E-state index contributed by atoms with van der Waals surface area (Å²) in [6.07, 6.45) is 9.01. The molecule has 0 aliphatic heterocycles. The van der Waals surface area contributed by atoms with Gasteiger partial charge in [0.25, 0.3) is 0 Å². The van der Waals surface area contributed by atoms with E-state index in [0.29, 0.717) is 5.41 Å². The molecule has 0 atom stereocenters. The van der Waals surface area contributed by atoms with E-state index in [1.54, 1.807) is 5.56 Å². The summed E-state index contributed by atoms with van der Waals surface area (Å²) >= 11 is 0. The normalized spacial score (nSPS) is 37.3. The standard InChI is InChI=1S/C21H24/c1-14-6-18-4-2-3-5-19(18)10-20(14)21-11-15-7-16(12-21)9-17(8-15)13-21/h2-6,10,15-17H,7-9,11-13H2,1H3. The topological polar surface area (TPSA) is 0 Å². The average Bonchev–Trinajstić information content (AvgIpc) is 2.45. The highest BCUT2D eigenvalue weighted by Gasteiger charge is 2.51. The molecule has 2 aromatic carbocycles. The monoisotopic (exact) mass is 276 g/mol. The van der Waals surface area contributed by atoms with Crippen molar-refractivity contribution >= 4 is 10.8 Å². The number of benzene rings is 2. The lowest BCUT2D eigenvalue weighted by atomic mass is 9.47. The maximum Gasteiger partial charge on any atom is -0.00362 e. The van der Waals surface area contributed by atoms with Crippen LogP contribution in [0, 0.1) is 24.7 Å². The van der Waals surface area contributed by atoms with Crippen molar-refractivity contribution in [3.63, 3.8) is 0 Å². The molecule has 0 N–H and O–H groups in total. The van der Waals surface area contributed by atoms with E-state index in [4.69, 9.17) is 0 Å². The van der Waals surface area contributed by atoms with Crippen LogP contribution in [0.1, 0.15) is 49.7 Å². The third-order valence-electron chi connectivity index (χ3n) is 6.70. The Bertz CT molecular complexity index is 674. The van der Waals surface area contributed by atoms with E-state index in [1.807, 2.05) is 0 Å². The van der Waals surface area contributed by atoms with Gasteiger partial charge in [-0.15, -0.1) is 0 Å². The number of aryl methyl sites for hydroxylation is 1. The zero-order valence-electron chi connectivity index (χ0n) is 12.9. The highest BCUT2D eigenvalue weighted by Crippen LogP contribution is 2.61. The minimum atomic E-state index is 0.531. The van der Waals surface area contributed by atoms with Gasteiger partial charge in [0.05, 0.1) is 0 Å². The Morgan fingerprint density at radius 1 is 0.810 bits per heavy atom. The molecule has 4 fully saturated rings. The highest BCUT2D eigenvalue weighted by atomic mass is 14.6. The highest BCUT2D eigenvalue weighted by molar-refractivity contribution is 5.84. The Kier molecular flexibility index (Phi) is 2.41. The molecule has 4 saturated carbocycles. The second-order valence-electron chi connectivity index (χ2n) is 8.21. The molecule has 4 bridgehead atoms. The smallest absolute Gasteiger partial charge is 0.00362 e. The molecule has 2 aromatic rings. The third kappa shape index (κ3) is 1.74. The Morgan fingerprint density at radius 3 is 1.90 bits per heavy atom. The second kappa shape index (κ2) is 4.12. The van der Waals surface area contributed by atoms with E-state index >= 15 is 0 Å². The molecule has 0 spiro atoms. The van der Waals surface area contributed by atoms with E-state index in [2.05, 4.69) is 43.3 Å². The van der Waals surface area contributed by atoms with Gasteiger partial charge >= 0.3 is 0 Å². The molecule has 0 aromatic heterocycles. The van der Waals surface area contributed by atoms with Crippen molar-refractivity contribution in [2.24, 2.45) is 17.8 Å². The minimum Gasteiger partial charge on any atom is -0.0616 e. The molecule has 6 rings (SSSR count). The minimum absolute atomic E-state index is 0.531. The van der Waals surface area contributed by atoms with E-state index in [-0.39, 0.29) is 0 Å². The molecule has 21 heavy (non-hydrogen) atoms. The molecule has 0 heterocycles. The SMILES string of the molecule is Cc1cc2ccccc2cc1C12CC3CC(CC(C3)C1)C2. The zero-order chi connectivity index (χ0) is 14.0. The molecule has 4 aliphatic rings. The van der Waals surface area contributed by atoms with Crippen molar-refractivity contribution in [3.05, 3.63) is 47.5 Å². The van der Waals surface area contributed by atoms with Gasteiger partial charge in [-0.2, -0.15) is 0 Å². The number of hydrogen-bond donors (Lipinski definition) is 0. The van der Waals surface area contributed by atoms with Crippen LogP contribution < -0.4 is 0 Å². The zero-order valence-corrected chi connectivity index (χ0v) is 12.9. The van der Waals surface area contributed by atoms with Crippen LogP contribution in [-0.2, 0) is 5.41 Å². The summed E-state index contributed by atoms with van der Waals surface area (Å²) < 4.78 is 0. The molecule has 108 valence electrons. The molecule has 0 nitrogen and oxygen atoms in total. The van der Waals surface area contributed by atoms with Gasteiger partial charge in [-0.25, -0.2) is 0 Å². The Morgan fingerprint density at radius 2 is 1.33 bits per heavy atom. The van der Waals surface area contributed by atoms with Crippen molar-refractivity contribution in [3.8, 4) is 0 Å². The summed E-state index contributed by atoms with van der Waals surface area (Å²) in [4.78, 5) is 0. The fourth-order valence-corrected chi connectivity index (χ4v) is 6.37. The first-order chi connectivity index (χ1) is 10.2. The average molecular weight is 276 g/mol.